The van der Waals surface area contributed by atoms with Gasteiger partial charge in [-0.05, 0) is 24.4 Å². The number of aromatic nitrogens is 1. The molecule has 0 saturated carbocycles. The van der Waals surface area contributed by atoms with Crippen LogP contribution in [0.5, 0.6) is 0 Å². The lowest BCUT2D eigenvalue weighted by Crippen LogP contribution is -2.24. The number of rotatable bonds is 3. The zero-order valence-corrected chi connectivity index (χ0v) is 9.62. The molecule has 0 unspecified atom stereocenters. The maximum atomic E-state index is 11.9. The molecule has 0 aromatic carbocycles. The Bertz CT molecular complexity index is 570. The van der Waals surface area contributed by atoms with Gasteiger partial charge in [0.15, 0.2) is 0 Å². The third-order valence-electron chi connectivity index (χ3n) is 2.20. The molecule has 0 aliphatic heterocycles. The first-order chi connectivity index (χ1) is 7.72. The Morgan fingerprint density at radius 3 is 3.06 bits per heavy atom. The van der Waals surface area contributed by atoms with Crippen LogP contribution in [0.25, 0.3) is 10.1 Å². The fourth-order valence-electron chi connectivity index (χ4n) is 1.48. The SMILES string of the molecule is CCOC(=O)Cn1ccc2sccc2c1=O. The van der Waals surface area contributed by atoms with Crippen LogP contribution < -0.4 is 5.56 Å². The van der Waals surface area contributed by atoms with Crippen molar-refractivity contribution in [2.45, 2.75) is 13.5 Å². The van der Waals surface area contributed by atoms with Gasteiger partial charge in [-0.3, -0.25) is 9.59 Å². The molecular weight excluding hydrogens is 226 g/mol. The summed E-state index contributed by atoms with van der Waals surface area (Å²) < 4.78 is 7.10. The van der Waals surface area contributed by atoms with Gasteiger partial charge in [0.1, 0.15) is 6.54 Å². The molecule has 0 spiro atoms. The van der Waals surface area contributed by atoms with Gasteiger partial charge in [0.25, 0.3) is 5.56 Å². The zero-order chi connectivity index (χ0) is 11.5. The standard InChI is InChI=1S/C11H11NO3S/c1-2-15-10(13)7-12-5-3-9-8(11(12)14)4-6-16-9/h3-6H,2,7H2,1H3. The molecule has 0 fully saturated rings. The van der Waals surface area contributed by atoms with Gasteiger partial charge in [-0.15, -0.1) is 11.3 Å². The molecular formula is C11H11NO3S. The van der Waals surface area contributed by atoms with Crippen molar-refractivity contribution in [2.24, 2.45) is 0 Å². The van der Waals surface area contributed by atoms with Crippen molar-refractivity contribution in [1.29, 1.82) is 0 Å². The molecule has 84 valence electrons. The molecule has 2 rings (SSSR count). The number of carbonyl (C=O) groups is 1. The summed E-state index contributed by atoms with van der Waals surface area (Å²) >= 11 is 1.51. The van der Waals surface area contributed by atoms with Gasteiger partial charge in [0, 0.05) is 10.9 Å². The Balaban J connectivity index is 2.34. The number of ether oxygens (including phenoxy) is 1. The number of hydrogen-bond donors (Lipinski definition) is 0. The van der Waals surface area contributed by atoms with Crippen molar-refractivity contribution in [3.63, 3.8) is 0 Å². The van der Waals surface area contributed by atoms with Gasteiger partial charge in [-0.2, -0.15) is 0 Å². The second kappa shape index (κ2) is 4.49. The van der Waals surface area contributed by atoms with E-state index in [1.807, 2.05) is 11.4 Å². The van der Waals surface area contributed by atoms with Gasteiger partial charge in [-0.25, -0.2) is 0 Å². The molecule has 2 aromatic heterocycles. The van der Waals surface area contributed by atoms with E-state index in [-0.39, 0.29) is 18.1 Å². The Kier molecular flexibility index (Phi) is 3.05. The minimum absolute atomic E-state index is 0.0293. The van der Waals surface area contributed by atoms with E-state index in [1.165, 1.54) is 15.9 Å². The van der Waals surface area contributed by atoms with E-state index >= 15 is 0 Å². The van der Waals surface area contributed by atoms with E-state index in [1.54, 1.807) is 19.2 Å². The highest BCUT2D eigenvalue weighted by atomic mass is 32.1. The third kappa shape index (κ3) is 1.99. The minimum Gasteiger partial charge on any atom is -0.465 e. The van der Waals surface area contributed by atoms with E-state index in [9.17, 15) is 9.59 Å². The lowest BCUT2D eigenvalue weighted by molar-refractivity contribution is -0.143. The highest BCUT2D eigenvalue weighted by Crippen LogP contribution is 2.16. The molecule has 0 aliphatic carbocycles. The van der Waals surface area contributed by atoms with Crippen molar-refractivity contribution in [1.82, 2.24) is 4.57 Å². The number of nitrogens with zero attached hydrogens (tertiary/aromatic N) is 1. The topological polar surface area (TPSA) is 48.3 Å². The van der Waals surface area contributed by atoms with E-state index in [0.717, 1.165) is 4.70 Å². The molecule has 0 aliphatic rings. The lowest BCUT2D eigenvalue weighted by Gasteiger charge is -2.04. The average molecular weight is 237 g/mol. The Hall–Kier alpha value is -1.62. The predicted molar refractivity (Wildman–Crippen MR) is 62.7 cm³/mol. The number of esters is 1. The summed E-state index contributed by atoms with van der Waals surface area (Å²) in [4.78, 5) is 23.2. The van der Waals surface area contributed by atoms with Gasteiger partial charge < -0.3 is 9.30 Å². The third-order valence-corrected chi connectivity index (χ3v) is 3.08. The highest BCUT2D eigenvalue weighted by Gasteiger charge is 2.07. The summed E-state index contributed by atoms with van der Waals surface area (Å²) in [6, 6.07) is 3.60. The number of hydrogen-bond acceptors (Lipinski definition) is 4. The first kappa shape index (κ1) is 10.9. The van der Waals surface area contributed by atoms with Crippen molar-refractivity contribution < 1.29 is 9.53 Å². The van der Waals surface area contributed by atoms with Crippen LogP contribution in [-0.2, 0) is 16.1 Å². The molecule has 0 bridgehead atoms. The fraction of sp³-hybridized carbons (Fsp3) is 0.273. The van der Waals surface area contributed by atoms with E-state index in [2.05, 4.69) is 0 Å². The maximum absolute atomic E-state index is 11.9. The number of thiophene rings is 1. The Morgan fingerprint density at radius 1 is 1.50 bits per heavy atom. The summed E-state index contributed by atoms with van der Waals surface area (Å²) in [7, 11) is 0. The minimum atomic E-state index is -0.390. The smallest absolute Gasteiger partial charge is 0.326 e. The van der Waals surface area contributed by atoms with Gasteiger partial charge >= 0.3 is 5.97 Å². The highest BCUT2D eigenvalue weighted by molar-refractivity contribution is 7.17. The van der Waals surface area contributed by atoms with Crippen LogP contribution in [0.2, 0.25) is 0 Å². The van der Waals surface area contributed by atoms with Crippen molar-refractivity contribution in [2.75, 3.05) is 6.61 Å². The Labute approximate surface area is 96.1 Å². The largest absolute Gasteiger partial charge is 0.465 e. The number of pyridine rings is 1. The van der Waals surface area contributed by atoms with E-state index in [4.69, 9.17) is 4.74 Å². The molecule has 0 saturated heterocycles. The normalized spacial score (nSPS) is 10.6. The van der Waals surface area contributed by atoms with E-state index < -0.39 is 0 Å². The van der Waals surface area contributed by atoms with Gasteiger partial charge in [0.2, 0.25) is 0 Å². The second-order valence-corrected chi connectivity index (χ2v) is 4.20. The number of carbonyl (C=O) groups excluding carboxylic acids is 1. The second-order valence-electron chi connectivity index (χ2n) is 3.25. The van der Waals surface area contributed by atoms with Crippen LogP contribution in [0, 0.1) is 0 Å². The summed E-state index contributed by atoms with van der Waals surface area (Å²) in [5.41, 5.74) is -0.146. The molecule has 0 radical (unpaired) electrons. The summed E-state index contributed by atoms with van der Waals surface area (Å²) in [6.07, 6.45) is 1.62. The molecule has 2 heterocycles. The van der Waals surface area contributed by atoms with Crippen LogP contribution in [-0.4, -0.2) is 17.1 Å². The van der Waals surface area contributed by atoms with Crippen LogP contribution in [0.4, 0.5) is 0 Å². The molecule has 0 atom stereocenters. The van der Waals surface area contributed by atoms with Crippen LogP contribution in [0.1, 0.15) is 6.92 Å². The summed E-state index contributed by atoms with van der Waals surface area (Å²) in [5.74, 6) is -0.390. The monoisotopic (exact) mass is 237 g/mol. The zero-order valence-electron chi connectivity index (χ0n) is 8.80. The quantitative estimate of drug-likeness (QED) is 0.762. The first-order valence-electron chi connectivity index (χ1n) is 4.94. The van der Waals surface area contributed by atoms with Crippen LogP contribution in [0.3, 0.4) is 0 Å². The number of fused-ring (bicyclic) bond motifs is 1. The predicted octanol–water partition coefficient (Wildman–Crippen LogP) is 1.63. The molecule has 2 aromatic rings. The van der Waals surface area contributed by atoms with Crippen LogP contribution in [0.15, 0.2) is 28.5 Å². The average Bonchev–Trinajstić information content (AvgIpc) is 2.71. The fourth-order valence-corrected chi connectivity index (χ4v) is 2.25. The van der Waals surface area contributed by atoms with Crippen molar-refractivity contribution >= 4 is 27.4 Å². The molecule has 16 heavy (non-hydrogen) atoms. The van der Waals surface area contributed by atoms with E-state index in [0.29, 0.717) is 12.0 Å². The lowest BCUT2D eigenvalue weighted by atomic mass is 10.3. The molecule has 5 heteroatoms. The molecule has 0 amide bonds. The maximum Gasteiger partial charge on any atom is 0.326 e. The van der Waals surface area contributed by atoms with Crippen molar-refractivity contribution in [3.8, 4) is 0 Å². The molecule has 4 nitrogen and oxygen atoms in total. The summed E-state index contributed by atoms with van der Waals surface area (Å²) in [5, 5.41) is 2.51. The van der Waals surface area contributed by atoms with Gasteiger partial charge in [-0.1, -0.05) is 0 Å². The molecule has 0 N–H and O–H groups in total. The van der Waals surface area contributed by atoms with Crippen LogP contribution >= 0.6 is 11.3 Å². The van der Waals surface area contributed by atoms with Crippen molar-refractivity contribution in [3.05, 3.63) is 34.1 Å². The first-order valence-corrected chi connectivity index (χ1v) is 5.82. The summed E-state index contributed by atoms with van der Waals surface area (Å²) in [6.45, 7) is 2.04. The Morgan fingerprint density at radius 2 is 2.31 bits per heavy atom. The van der Waals surface area contributed by atoms with Gasteiger partial charge in [0.05, 0.1) is 12.0 Å².